The molecule has 0 amide bonds. The highest BCUT2D eigenvalue weighted by atomic mass is 16.7. The Kier molecular flexibility index (Phi) is 4.65. The molecule has 0 bridgehead atoms. The number of phenols is 1. The van der Waals surface area contributed by atoms with Crippen molar-refractivity contribution in [2.24, 2.45) is 0 Å². The molecular weight excluding hydrogens is 294 g/mol. The van der Waals surface area contributed by atoms with E-state index in [1.165, 1.54) is 6.07 Å². The third-order valence-corrected chi connectivity index (χ3v) is 3.50. The molecule has 0 saturated carbocycles. The fourth-order valence-electron chi connectivity index (χ4n) is 2.36. The number of rotatable bonds is 4. The van der Waals surface area contributed by atoms with Gasteiger partial charge in [-0.3, -0.25) is 0 Å². The van der Waals surface area contributed by atoms with Crippen molar-refractivity contribution in [1.29, 1.82) is 0 Å². The van der Waals surface area contributed by atoms with Gasteiger partial charge in [0.2, 0.25) is 0 Å². The van der Waals surface area contributed by atoms with Crippen molar-refractivity contribution >= 4 is 5.69 Å². The van der Waals surface area contributed by atoms with Crippen LogP contribution in [0.4, 0.5) is 5.69 Å². The largest absolute Gasteiger partial charge is 0.508 e. The molecule has 2 aromatic carbocycles. The maximum Gasteiger partial charge on any atom is 0.199 e. The Morgan fingerprint density at radius 1 is 1.13 bits per heavy atom. The lowest BCUT2D eigenvalue weighted by Gasteiger charge is -2.24. The van der Waals surface area contributed by atoms with Gasteiger partial charge in [-0.25, -0.2) is 4.85 Å². The summed E-state index contributed by atoms with van der Waals surface area (Å²) >= 11 is 0. The highest BCUT2D eigenvalue weighted by Gasteiger charge is 2.18. The molecule has 1 unspecified atom stereocenters. The lowest BCUT2D eigenvalue weighted by atomic mass is 10.2. The zero-order valence-corrected chi connectivity index (χ0v) is 12.6. The molecule has 23 heavy (non-hydrogen) atoms. The van der Waals surface area contributed by atoms with Gasteiger partial charge in [0.15, 0.2) is 23.5 Å². The van der Waals surface area contributed by atoms with Gasteiger partial charge >= 0.3 is 0 Å². The number of hydrogen-bond acceptors (Lipinski definition) is 4. The van der Waals surface area contributed by atoms with E-state index in [4.69, 9.17) is 20.8 Å². The molecule has 0 aromatic heterocycles. The Hall–Kier alpha value is -2.71. The molecule has 2 aromatic rings. The Morgan fingerprint density at radius 3 is 2.78 bits per heavy atom. The maximum atomic E-state index is 9.53. The normalized spacial score (nSPS) is 17.3. The lowest BCUT2D eigenvalue weighted by molar-refractivity contribution is -0.106. The second kappa shape index (κ2) is 7.03. The summed E-state index contributed by atoms with van der Waals surface area (Å²) in [6.07, 6.45) is 2.58. The standard InChI is InChI=1S/C18H17NO4/c1-19-13-8-9-16(22-15-6-4-5-14(20)12-15)17(11-13)23-18-7-2-3-10-21-18/h4-6,8-9,11-12,18,20H,2-3,7,10H2. The van der Waals surface area contributed by atoms with Crippen LogP contribution in [0, 0.1) is 6.57 Å². The summed E-state index contributed by atoms with van der Waals surface area (Å²) in [5.74, 6) is 1.57. The van der Waals surface area contributed by atoms with Crippen LogP contribution in [0.2, 0.25) is 0 Å². The molecule has 118 valence electrons. The summed E-state index contributed by atoms with van der Waals surface area (Å²) in [5, 5.41) is 9.53. The van der Waals surface area contributed by atoms with Crippen LogP contribution in [0.25, 0.3) is 4.85 Å². The fourth-order valence-corrected chi connectivity index (χ4v) is 2.36. The monoisotopic (exact) mass is 311 g/mol. The van der Waals surface area contributed by atoms with Crippen molar-refractivity contribution in [3.05, 3.63) is 53.9 Å². The van der Waals surface area contributed by atoms with Gasteiger partial charge in [0.05, 0.1) is 13.2 Å². The van der Waals surface area contributed by atoms with E-state index in [0.717, 1.165) is 19.3 Å². The minimum absolute atomic E-state index is 0.123. The summed E-state index contributed by atoms with van der Waals surface area (Å²) in [5.41, 5.74) is 0.471. The molecule has 5 nitrogen and oxygen atoms in total. The van der Waals surface area contributed by atoms with Gasteiger partial charge in [0.1, 0.15) is 11.5 Å². The topological polar surface area (TPSA) is 52.3 Å². The molecule has 1 atom stereocenters. The fraction of sp³-hybridized carbons (Fsp3) is 0.278. The molecule has 1 N–H and O–H groups in total. The zero-order chi connectivity index (χ0) is 16.1. The van der Waals surface area contributed by atoms with E-state index < -0.39 is 0 Å². The van der Waals surface area contributed by atoms with E-state index in [0.29, 0.717) is 29.5 Å². The predicted molar refractivity (Wildman–Crippen MR) is 85.1 cm³/mol. The Bertz CT molecular complexity index is 717. The molecule has 0 radical (unpaired) electrons. The van der Waals surface area contributed by atoms with E-state index in [9.17, 15) is 5.11 Å². The van der Waals surface area contributed by atoms with E-state index in [-0.39, 0.29) is 12.0 Å². The first-order valence-corrected chi connectivity index (χ1v) is 7.51. The van der Waals surface area contributed by atoms with E-state index >= 15 is 0 Å². The van der Waals surface area contributed by atoms with Crippen molar-refractivity contribution < 1.29 is 19.3 Å². The Labute approximate surface area is 134 Å². The molecular formula is C18H17NO4. The summed E-state index contributed by atoms with van der Waals surface area (Å²) in [6.45, 7) is 7.82. The number of ether oxygens (including phenoxy) is 3. The average Bonchev–Trinajstić information content (AvgIpc) is 2.57. The molecule has 3 rings (SSSR count). The van der Waals surface area contributed by atoms with Crippen LogP contribution < -0.4 is 9.47 Å². The third-order valence-electron chi connectivity index (χ3n) is 3.50. The molecule has 1 heterocycles. The predicted octanol–water partition coefficient (Wildman–Crippen LogP) is 4.64. The molecule has 1 aliphatic heterocycles. The van der Waals surface area contributed by atoms with Gasteiger partial charge in [-0.2, -0.15) is 0 Å². The first kappa shape index (κ1) is 15.2. The lowest BCUT2D eigenvalue weighted by Crippen LogP contribution is -2.25. The molecule has 0 spiro atoms. The number of nitrogens with zero attached hydrogens (tertiary/aromatic N) is 1. The van der Waals surface area contributed by atoms with Gasteiger partial charge in [0, 0.05) is 12.5 Å². The second-order valence-electron chi connectivity index (χ2n) is 5.26. The SMILES string of the molecule is [C-]#[N+]c1ccc(Oc2cccc(O)c2)c(OC2CCCCO2)c1. The summed E-state index contributed by atoms with van der Waals surface area (Å²) in [7, 11) is 0. The number of phenolic OH excluding ortho intramolecular Hbond substituents is 1. The van der Waals surface area contributed by atoms with Crippen LogP contribution in [0.15, 0.2) is 42.5 Å². The second-order valence-corrected chi connectivity index (χ2v) is 5.26. The minimum atomic E-state index is -0.323. The number of hydrogen-bond donors (Lipinski definition) is 1. The molecule has 0 aliphatic carbocycles. The minimum Gasteiger partial charge on any atom is -0.508 e. The van der Waals surface area contributed by atoms with E-state index in [1.54, 1.807) is 36.4 Å². The molecule has 5 heteroatoms. The van der Waals surface area contributed by atoms with Crippen LogP contribution in [0.1, 0.15) is 19.3 Å². The smallest absolute Gasteiger partial charge is 0.199 e. The van der Waals surface area contributed by atoms with Crippen LogP contribution in [-0.4, -0.2) is 18.0 Å². The average molecular weight is 311 g/mol. The first-order valence-electron chi connectivity index (χ1n) is 7.51. The molecule has 1 fully saturated rings. The van der Waals surface area contributed by atoms with Crippen molar-refractivity contribution in [1.82, 2.24) is 0 Å². The van der Waals surface area contributed by atoms with Crippen LogP contribution in [-0.2, 0) is 4.74 Å². The van der Waals surface area contributed by atoms with E-state index in [1.807, 2.05) is 0 Å². The highest BCUT2D eigenvalue weighted by Crippen LogP contribution is 2.37. The first-order chi connectivity index (χ1) is 11.2. The quantitative estimate of drug-likeness (QED) is 0.836. The number of aromatic hydroxyl groups is 1. The van der Waals surface area contributed by atoms with Crippen molar-refractivity contribution in [2.45, 2.75) is 25.6 Å². The van der Waals surface area contributed by atoms with Gasteiger partial charge < -0.3 is 19.3 Å². The summed E-state index contributed by atoms with van der Waals surface area (Å²) in [6, 6.07) is 11.5. The van der Waals surface area contributed by atoms with Gasteiger partial charge in [-0.05, 0) is 37.1 Å². The van der Waals surface area contributed by atoms with Crippen LogP contribution in [0.3, 0.4) is 0 Å². The third kappa shape index (κ3) is 3.93. The summed E-state index contributed by atoms with van der Waals surface area (Å²) in [4.78, 5) is 3.42. The Balaban J connectivity index is 1.84. The molecule has 1 aliphatic rings. The molecule has 1 saturated heterocycles. The van der Waals surface area contributed by atoms with Gasteiger partial charge in [-0.1, -0.05) is 12.1 Å². The van der Waals surface area contributed by atoms with E-state index in [2.05, 4.69) is 4.85 Å². The number of benzene rings is 2. The van der Waals surface area contributed by atoms with Crippen molar-refractivity contribution in [2.75, 3.05) is 6.61 Å². The highest BCUT2D eigenvalue weighted by molar-refractivity contribution is 5.56. The van der Waals surface area contributed by atoms with Crippen molar-refractivity contribution in [3.63, 3.8) is 0 Å². The zero-order valence-electron chi connectivity index (χ0n) is 12.6. The van der Waals surface area contributed by atoms with Crippen LogP contribution in [0.5, 0.6) is 23.0 Å². The Morgan fingerprint density at radius 2 is 2.04 bits per heavy atom. The maximum absolute atomic E-state index is 9.53. The van der Waals surface area contributed by atoms with Crippen molar-refractivity contribution in [3.8, 4) is 23.0 Å². The van der Waals surface area contributed by atoms with Crippen LogP contribution >= 0.6 is 0 Å². The van der Waals surface area contributed by atoms with Gasteiger partial charge in [0.25, 0.3) is 0 Å². The summed E-state index contributed by atoms with van der Waals surface area (Å²) < 4.78 is 17.3. The van der Waals surface area contributed by atoms with Gasteiger partial charge in [-0.15, -0.1) is 0 Å².